The molecule has 21 heavy (non-hydrogen) atoms. The van der Waals surface area contributed by atoms with Crippen LogP contribution in [0.25, 0.3) is 0 Å². The van der Waals surface area contributed by atoms with Crippen molar-refractivity contribution in [1.82, 2.24) is 9.97 Å². The van der Waals surface area contributed by atoms with Crippen LogP contribution in [0.4, 0.5) is 4.39 Å². The summed E-state index contributed by atoms with van der Waals surface area (Å²) in [5.74, 6) is -0.224. The number of benzene rings is 1. The fourth-order valence-corrected chi connectivity index (χ4v) is 3.05. The molecule has 2 N–H and O–H groups in total. The zero-order valence-corrected chi connectivity index (χ0v) is 13.6. The lowest BCUT2D eigenvalue weighted by Gasteiger charge is -2.12. The van der Waals surface area contributed by atoms with E-state index < -0.39 is 0 Å². The van der Waals surface area contributed by atoms with Crippen LogP contribution >= 0.6 is 11.8 Å². The molecule has 0 spiro atoms. The predicted molar refractivity (Wildman–Crippen MR) is 84.1 cm³/mol. The molecule has 1 atom stereocenters. The van der Waals surface area contributed by atoms with Crippen LogP contribution in [0.15, 0.2) is 28.3 Å². The van der Waals surface area contributed by atoms with E-state index in [2.05, 4.69) is 9.97 Å². The summed E-state index contributed by atoms with van der Waals surface area (Å²) in [6.45, 7) is 7.80. The lowest BCUT2D eigenvalue weighted by atomic mass is 10.1. The predicted octanol–water partition coefficient (Wildman–Crippen LogP) is 3.58. The standard InChI is InChI=1S/C16H20FN3S/c1-9(18)8-13-14(17)6-5-7-15(13)21-16-19-11(3)10(2)12(4)20-16/h5-7,9H,8,18H2,1-4H3. The van der Waals surface area contributed by atoms with Crippen LogP contribution in [0.1, 0.15) is 29.4 Å². The number of hydrogen-bond donors (Lipinski definition) is 1. The van der Waals surface area contributed by atoms with Crippen molar-refractivity contribution in [2.75, 3.05) is 0 Å². The number of rotatable bonds is 4. The van der Waals surface area contributed by atoms with Gasteiger partial charge in [0.05, 0.1) is 0 Å². The number of halogens is 1. The third-order valence-corrected chi connectivity index (χ3v) is 4.38. The second kappa shape index (κ2) is 6.54. The van der Waals surface area contributed by atoms with Crippen LogP contribution in [0.5, 0.6) is 0 Å². The molecule has 0 fully saturated rings. The Labute approximate surface area is 129 Å². The molecule has 0 saturated carbocycles. The molecule has 3 nitrogen and oxygen atoms in total. The quantitative estimate of drug-likeness (QED) is 0.877. The lowest BCUT2D eigenvalue weighted by Crippen LogP contribution is -2.19. The van der Waals surface area contributed by atoms with E-state index >= 15 is 0 Å². The smallest absolute Gasteiger partial charge is 0.192 e. The summed E-state index contributed by atoms with van der Waals surface area (Å²) in [7, 11) is 0. The molecule has 0 aliphatic carbocycles. The van der Waals surface area contributed by atoms with Gasteiger partial charge in [-0.1, -0.05) is 6.07 Å². The first-order valence-electron chi connectivity index (χ1n) is 6.91. The Bertz CT molecular complexity index is 633. The highest BCUT2D eigenvalue weighted by molar-refractivity contribution is 7.99. The summed E-state index contributed by atoms with van der Waals surface area (Å²) in [5.41, 5.74) is 9.45. The second-order valence-electron chi connectivity index (χ2n) is 5.30. The van der Waals surface area contributed by atoms with Gasteiger partial charge < -0.3 is 5.73 Å². The summed E-state index contributed by atoms with van der Waals surface area (Å²) in [4.78, 5) is 9.78. The first-order valence-corrected chi connectivity index (χ1v) is 7.72. The van der Waals surface area contributed by atoms with Gasteiger partial charge in [0.1, 0.15) is 5.82 Å². The zero-order valence-electron chi connectivity index (χ0n) is 12.8. The molecule has 0 radical (unpaired) electrons. The number of nitrogens with zero attached hydrogens (tertiary/aromatic N) is 2. The molecule has 0 aliphatic heterocycles. The average molecular weight is 305 g/mol. The Balaban J connectivity index is 2.38. The van der Waals surface area contributed by atoms with Crippen molar-refractivity contribution in [2.24, 2.45) is 5.73 Å². The Hall–Kier alpha value is -1.46. The Morgan fingerprint density at radius 2 is 1.81 bits per heavy atom. The third kappa shape index (κ3) is 3.80. The minimum absolute atomic E-state index is 0.0938. The van der Waals surface area contributed by atoms with Gasteiger partial charge in [-0.3, -0.25) is 0 Å². The van der Waals surface area contributed by atoms with Gasteiger partial charge in [0.15, 0.2) is 5.16 Å². The van der Waals surface area contributed by atoms with Crippen molar-refractivity contribution in [1.29, 1.82) is 0 Å². The van der Waals surface area contributed by atoms with Gasteiger partial charge in [-0.2, -0.15) is 0 Å². The van der Waals surface area contributed by atoms with Gasteiger partial charge >= 0.3 is 0 Å². The normalized spacial score (nSPS) is 12.5. The lowest BCUT2D eigenvalue weighted by molar-refractivity contribution is 0.588. The van der Waals surface area contributed by atoms with E-state index in [1.165, 1.54) is 17.8 Å². The molecule has 1 aromatic carbocycles. The van der Waals surface area contributed by atoms with Crippen LogP contribution in [0, 0.1) is 26.6 Å². The number of nitrogens with two attached hydrogens (primary N) is 1. The highest BCUT2D eigenvalue weighted by Gasteiger charge is 2.14. The fourth-order valence-electron chi connectivity index (χ4n) is 2.04. The van der Waals surface area contributed by atoms with E-state index in [-0.39, 0.29) is 11.9 Å². The minimum atomic E-state index is -0.224. The molecule has 2 rings (SSSR count). The van der Waals surface area contributed by atoms with Crippen LogP contribution in [0.2, 0.25) is 0 Å². The van der Waals surface area contributed by atoms with Crippen molar-refractivity contribution < 1.29 is 4.39 Å². The van der Waals surface area contributed by atoms with Gasteiger partial charge in [-0.25, -0.2) is 14.4 Å². The van der Waals surface area contributed by atoms with E-state index in [0.717, 1.165) is 21.8 Å². The molecular weight excluding hydrogens is 285 g/mol. The molecule has 1 unspecified atom stereocenters. The van der Waals surface area contributed by atoms with E-state index in [4.69, 9.17) is 5.73 Å². The van der Waals surface area contributed by atoms with Crippen molar-refractivity contribution in [3.8, 4) is 0 Å². The average Bonchev–Trinajstić information content (AvgIpc) is 2.39. The van der Waals surface area contributed by atoms with Gasteiger partial charge in [-0.05, 0) is 63.6 Å². The van der Waals surface area contributed by atoms with Crippen molar-refractivity contribution >= 4 is 11.8 Å². The van der Waals surface area contributed by atoms with Crippen LogP contribution in [-0.4, -0.2) is 16.0 Å². The molecule has 1 heterocycles. The largest absolute Gasteiger partial charge is 0.328 e. The van der Waals surface area contributed by atoms with E-state index in [0.29, 0.717) is 17.1 Å². The maximum absolute atomic E-state index is 14.0. The molecular formula is C16H20FN3S. The van der Waals surface area contributed by atoms with Crippen molar-refractivity contribution in [2.45, 2.75) is 50.2 Å². The maximum atomic E-state index is 14.0. The van der Waals surface area contributed by atoms with Crippen LogP contribution in [-0.2, 0) is 6.42 Å². The monoisotopic (exact) mass is 305 g/mol. The van der Waals surface area contributed by atoms with Gasteiger partial charge in [0.25, 0.3) is 0 Å². The Kier molecular flexibility index (Phi) is 4.96. The highest BCUT2D eigenvalue weighted by Crippen LogP contribution is 2.31. The summed E-state index contributed by atoms with van der Waals surface area (Å²) < 4.78 is 14.0. The first kappa shape index (κ1) is 15.9. The molecule has 5 heteroatoms. The summed E-state index contributed by atoms with van der Waals surface area (Å²) in [6.07, 6.45) is 0.499. The van der Waals surface area contributed by atoms with E-state index in [1.807, 2.05) is 33.8 Å². The fraction of sp³-hybridized carbons (Fsp3) is 0.375. The number of aromatic nitrogens is 2. The zero-order chi connectivity index (χ0) is 15.6. The maximum Gasteiger partial charge on any atom is 0.192 e. The second-order valence-corrected chi connectivity index (χ2v) is 6.31. The van der Waals surface area contributed by atoms with Crippen molar-refractivity contribution in [3.63, 3.8) is 0 Å². The Morgan fingerprint density at radius 3 is 2.38 bits per heavy atom. The summed E-state index contributed by atoms with van der Waals surface area (Å²) >= 11 is 1.39. The number of aryl methyl sites for hydroxylation is 2. The Morgan fingerprint density at radius 1 is 1.19 bits per heavy atom. The van der Waals surface area contributed by atoms with Gasteiger partial charge in [-0.15, -0.1) is 0 Å². The number of hydrogen-bond acceptors (Lipinski definition) is 4. The molecule has 112 valence electrons. The molecule has 2 aromatic rings. The molecule has 1 aromatic heterocycles. The first-order chi connectivity index (χ1) is 9.88. The molecule has 0 amide bonds. The molecule has 0 bridgehead atoms. The topological polar surface area (TPSA) is 51.8 Å². The van der Waals surface area contributed by atoms with E-state index in [9.17, 15) is 4.39 Å². The SMILES string of the molecule is Cc1nc(Sc2cccc(F)c2CC(C)N)nc(C)c1C. The molecule has 0 aliphatic rings. The van der Waals surface area contributed by atoms with Gasteiger partial charge in [0.2, 0.25) is 0 Å². The summed E-state index contributed by atoms with van der Waals surface area (Å²) in [5, 5.41) is 0.645. The van der Waals surface area contributed by atoms with Crippen LogP contribution < -0.4 is 5.73 Å². The van der Waals surface area contributed by atoms with Crippen molar-refractivity contribution in [3.05, 3.63) is 46.5 Å². The molecule has 0 saturated heterocycles. The third-order valence-electron chi connectivity index (χ3n) is 3.42. The highest BCUT2D eigenvalue weighted by atomic mass is 32.2. The van der Waals surface area contributed by atoms with Gasteiger partial charge in [0, 0.05) is 27.9 Å². The van der Waals surface area contributed by atoms with Crippen LogP contribution in [0.3, 0.4) is 0 Å². The van der Waals surface area contributed by atoms with E-state index in [1.54, 1.807) is 6.07 Å². The minimum Gasteiger partial charge on any atom is -0.328 e. The summed E-state index contributed by atoms with van der Waals surface area (Å²) in [6, 6.07) is 4.97.